The average molecular weight is 325 g/mol. The van der Waals surface area contributed by atoms with E-state index in [1.165, 1.54) is 5.56 Å². The van der Waals surface area contributed by atoms with Crippen molar-refractivity contribution in [2.45, 2.75) is 24.8 Å². The van der Waals surface area contributed by atoms with Crippen LogP contribution in [-0.2, 0) is 4.79 Å². The van der Waals surface area contributed by atoms with E-state index in [4.69, 9.17) is 9.84 Å². The SMILES string of the molecule is O=C(O)COc1cccc(C(=O)NC2CC(c3ccccc3)C2)c1. The number of nitrogens with one attached hydrogen (secondary N) is 1. The molecule has 2 aromatic rings. The Labute approximate surface area is 140 Å². The fourth-order valence-electron chi connectivity index (χ4n) is 2.87. The van der Waals surface area contributed by atoms with Crippen LogP contribution in [0.1, 0.15) is 34.7 Å². The highest BCUT2D eigenvalue weighted by atomic mass is 16.5. The van der Waals surface area contributed by atoms with E-state index in [0.29, 0.717) is 17.2 Å². The summed E-state index contributed by atoms with van der Waals surface area (Å²) >= 11 is 0. The van der Waals surface area contributed by atoms with Gasteiger partial charge in [0.2, 0.25) is 0 Å². The number of carbonyl (C=O) groups is 2. The molecule has 0 saturated heterocycles. The monoisotopic (exact) mass is 325 g/mol. The summed E-state index contributed by atoms with van der Waals surface area (Å²) in [6.07, 6.45) is 1.87. The van der Waals surface area contributed by atoms with Gasteiger partial charge in [-0.2, -0.15) is 0 Å². The number of amides is 1. The van der Waals surface area contributed by atoms with Gasteiger partial charge in [-0.3, -0.25) is 4.79 Å². The normalized spacial score (nSPS) is 19.2. The van der Waals surface area contributed by atoms with Gasteiger partial charge in [-0.15, -0.1) is 0 Å². The second-order valence-electron chi connectivity index (χ2n) is 5.96. The first-order valence-electron chi connectivity index (χ1n) is 7.92. The Balaban J connectivity index is 1.53. The van der Waals surface area contributed by atoms with E-state index in [1.54, 1.807) is 24.3 Å². The third-order valence-corrected chi connectivity index (χ3v) is 4.20. The second kappa shape index (κ2) is 7.17. The lowest BCUT2D eigenvalue weighted by Gasteiger charge is -2.36. The molecule has 0 radical (unpaired) electrons. The molecule has 1 aliphatic carbocycles. The van der Waals surface area contributed by atoms with Crippen molar-refractivity contribution in [3.8, 4) is 5.75 Å². The lowest BCUT2D eigenvalue weighted by molar-refractivity contribution is -0.139. The summed E-state index contributed by atoms with van der Waals surface area (Å²) in [6.45, 7) is -0.424. The number of carboxylic acid groups (broad SMARTS) is 1. The van der Waals surface area contributed by atoms with Crippen molar-refractivity contribution in [3.05, 3.63) is 65.7 Å². The first kappa shape index (κ1) is 16.1. The van der Waals surface area contributed by atoms with E-state index >= 15 is 0 Å². The molecule has 0 unspecified atom stereocenters. The van der Waals surface area contributed by atoms with Crippen LogP contribution in [0.4, 0.5) is 0 Å². The Kier molecular flexibility index (Phi) is 4.79. The molecule has 0 heterocycles. The lowest BCUT2D eigenvalue weighted by atomic mass is 9.76. The van der Waals surface area contributed by atoms with Crippen LogP contribution in [0.25, 0.3) is 0 Å². The summed E-state index contributed by atoms with van der Waals surface area (Å²) in [7, 11) is 0. The van der Waals surface area contributed by atoms with Crippen LogP contribution in [0, 0.1) is 0 Å². The molecule has 3 rings (SSSR count). The maximum absolute atomic E-state index is 12.3. The molecule has 1 saturated carbocycles. The van der Waals surface area contributed by atoms with Gasteiger partial charge in [-0.25, -0.2) is 4.79 Å². The Morgan fingerprint density at radius 1 is 1.08 bits per heavy atom. The van der Waals surface area contributed by atoms with Crippen molar-refractivity contribution < 1.29 is 19.4 Å². The molecule has 0 bridgehead atoms. The summed E-state index contributed by atoms with van der Waals surface area (Å²) in [4.78, 5) is 22.8. The molecule has 2 aromatic carbocycles. The molecular weight excluding hydrogens is 306 g/mol. The minimum Gasteiger partial charge on any atom is -0.482 e. The fraction of sp³-hybridized carbons (Fsp3) is 0.263. The third-order valence-electron chi connectivity index (χ3n) is 4.20. The van der Waals surface area contributed by atoms with Gasteiger partial charge in [0.15, 0.2) is 6.61 Å². The standard InChI is InChI=1S/C19H19NO4/c21-18(22)12-24-17-8-4-7-14(11-17)19(23)20-16-9-15(10-16)13-5-2-1-3-6-13/h1-8,11,15-16H,9-10,12H2,(H,20,23)(H,21,22). The summed E-state index contributed by atoms with van der Waals surface area (Å²) in [5.41, 5.74) is 1.79. The molecule has 1 amide bonds. The maximum atomic E-state index is 12.3. The minimum atomic E-state index is -1.05. The molecular formula is C19H19NO4. The van der Waals surface area contributed by atoms with Crippen molar-refractivity contribution in [1.29, 1.82) is 0 Å². The van der Waals surface area contributed by atoms with Crippen LogP contribution >= 0.6 is 0 Å². The first-order chi connectivity index (χ1) is 11.6. The van der Waals surface area contributed by atoms with E-state index < -0.39 is 12.6 Å². The van der Waals surface area contributed by atoms with E-state index in [1.807, 2.05) is 18.2 Å². The van der Waals surface area contributed by atoms with Crippen LogP contribution in [-0.4, -0.2) is 29.6 Å². The summed E-state index contributed by atoms with van der Waals surface area (Å²) in [5.74, 6) is -0.332. The van der Waals surface area contributed by atoms with Crippen molar-refractivity contribution in [1.82, 2.24) is 5.32 Å². The number of aliphatic carboxylic acids is 1. The van der Waals surface area contributed by atoms with Crippen LogP contribution in [0.15, 0.2) is 54.6 Å². The molecule has 1 fully saturated rings. The van der Waals surface area contributed by atoms with Crippen molar-refractivity contribution in [3.63, 3.8) is 0 Å². The highest BCUT2D eigenvalue weighted by Crippen LogP contribution is 2.36. The molecule has 1 aliphatic rings. The lowest BCUT2D eigenvalue weighted by Crippen LogP contribution is -2.43. The molecule has 124 valence electrons. The highest BCUT2D eigenvalue weighted by molar-refractivity contribution is 5.94. The zero-order valence-electron chi connectivity index (χ0n) is 13.1. The number of carbonyl (C=O) groups excluding carboxylic acids is 1. The molecule has 5 nitrogen and oxygen atoms in total. The van der Waals surface area contributed by atoms with E-state index in [9.17, 15) is 9.59 Å². The Morgan fingerprint density at radius 3 is 2.54 bits per heavy atom. The Hall–Kier alpha value is -2.82. The van der Waals surface area contributed by atoms with E-state index in [0.717, 1.165) is 12.8 Å². The Morgan fingerprint density at radius 2 is 1.83 bits per heavy atom. The molecule has 0 spiro atoms. The zero-order chi connectivity index (χ0) is 16.9. The maximum Gasteiger partial charge on any atom is 0.341 e. The second-order valence-corrected chi connectivity index (χ2v) is 5.96. The highest BCUT2D eigenvalue weighted by Gasteiger charge is 2.31. The topological polar surface area (TPSA) is 75.6 Å². The number of carboxylic acids is 1. The number of benzene rings is 2. The van der Waals surface area contributed by atoms with Gasteiger partial charge >= 0.3 is 5.97 Å². The smallest absolute Gasteiger partial charge is 0.341 e. The number of hydrogen-bond donors (Lipinski definition) is 2. The van der Waals surface area contributed by atoms with Crippen LogP contribution in [0.2, 0.25) is 0 Å². The van der Waals surface area contributed by atoms with Gasteiger partial charge in [0.05, 0.1) is 0 Å². The van der Waals surface area contributed by atoms with E-state index in [-0.39, 0.29) is 11.9 Å². The number of ether oxygens (including phenoxy) is 1. The Bertz CT molecular complexity index is 723. The van der Waals surface area contributed by atoms with Crippen molar-refractivity contribution >= 4 is 11.9 Å². The quantitative estimate of drug-likeness (QED) is 0.856. The van der Waals surface area contributed by atoms with Gasteiger partial charge in [-0.05, 0) is 42.5 Å². The average Bonchev–Trinajstić information content (AvgIpc) is 2.56. The molecule has 0 aromatic heterocycles. The molecule has 2 N–H and O–H groups in total. The minimum absolute atomic E-state index is 0.160. The van der Waals surface area contributed by atoms with Gasteiger partial charge < -0.3 is 15.2 Å². The van der Waals surface area contributed by atoms with Crippen molar-refractivity contribution in [2.24, 2.45) is 0 Å². The van der Waals surface area contributed by atoms with Crippen molar-refractivity contribution in [2.75, 3.05) is 6.61 Å². The van der Waals surface area contributed by atoms with Gasteiger partial charge in [0.25, 0.3) is 5.91 Å². The summed E-state index contributed by atoms with van der Waals surface area (Å²) < 4.78 is 5.10. The van der Waals surface area contributed by atoms with Gasteiger partial charge in [0.1, 0.15) is 5.75 Å². The molecule has 0 atom stereocenters. The third kappa shape index (κ3) is 3.93. The summed E-state index contributed by atoms with van der Waals surface area (Å²) in [5, 5.41) is 11.6. The molecule has 0 aliphatic heterocycles. The predicted molar refractivity (Wildman–Crippen MR) is 89.2 cm³/mol. The predicted octanol–water partition coefficient (Wildman–Crippen LogP) is 2.83. The molecule has 24 heavy (non-hydrogen) atoms. The zero-order valence-corrected chi connectivity index (χ0v) is 13.1. The molecule has 5 heteroatoms. The fourth-order valence-corrected chi connectivity index (χ4v) is 2.87. The number of rotatable bonds is 6. The largest absolute Gasteiger partial charge is 0.482 e. The summed E-state index contributed by atoms with van der Waals surface area (Å²) in [6, 6.07) is 17.0. The van der Waals surface area contributed by atoms with Gasteiger partial charge in [-0.1, -0.05) is 36.4 Å². The van der Waals surface area contributed by atoms with Gasteiger partial charge in [0, 0.05) is 11.6 Å². The van der Waals surface area contributed by atoms with Crippen LogP contribution in [0.3, 0.4) is 0 Å². The number of hydrogen-bond acceptors (Lipinski definition) is 3. The van der Waals surface area contributed by atoms with Crippen LogP contribution in [0.5, 0.6) is 5.75 Å². The first-order valence-corrected chi connectivity index (χ1v) is 7.92. The van der Waals surface area contributed by atoms with Crippen LogP contribution < -0.4 is 10.1 Å². The van der Waals surface area contributed by atoms with E-state index in [2.05, 4.69) is 17.4 Å².